The second kappa shape index (κ2) is 11.5. The number of carbonyl (C=O) groups is 1. The number of Topliss-reactive ketones (excluding diaryl/α,β-unsaturated/α-hetero) is 1. The first-order chi connectivity index (χ1) is 17.5. The monoisotopic (exact) mass is 510 g/mol. The summed E-state index contributed by atoms with van der Waals surface area (Å²) in [7, 11) is 1.52. The summed E-state index contributed by atoms with van der Waals surface area (Å²) in [5.74, 6) is 0.719. The molecule has 188 valence electrons. The van der Waals surface area contributed by atoms with Crippen LogP contribution in [0.25, 0.3) is 10.9 Å². The summed E-state index contributed by atoms with van der Waals surface area (Å²) in [5.41, 5.74) is 3.52. The van der Waals surface area contributed by atoms with Crippen LogP contribution >= 0.6 is 11.6 Å². The number of benzene rings is 3. The number of aromatic nitrogens is 1. The molecule has 9 heteroatoms. The molecule has 1 heterocycles. The van der Waals surface area contributed by atoms with Gasteiger partial charge in [-0.3, -0.25) is 4.79 Å². The molecule has 0 saturated heterocycles. The zero-order valence-corrected chi connectivity index (χ0v) is 20.4. The number of aliphatic hydroxyl groups is 3. The lowest BCUT2D eigenvalue weighted by Crippen LogP contribution is -2.23. The first-order valence-electron chi connectivity index (χ1n) is 11.3. The number of fused-ring (bicyclic) bond motifs is 1. The van der Waals surface area contributed by atoms with Crippen molar-refractivity contribution in [1.82, 2.24) is 4.98 Å². The molecular formula is C27H27ClN2O6. The highest BCUT2D eigenvalue weighted by molar-refractivity contribution is 6.30. The molecule has 0 spiro atoms. The average Bonchev–Trinajstić information content (AvgIpc) is 3.33. The number of nitrogens with one attached hydrogen (secondary N) is 2. The van der Waals surface area contributed by atoms with Crippen molar-refractivity contribution in [2.45, 2.75) is 19.3 Å². The molecule has 36 heavy (non-hydrogen) atoms. The minimum atomic E-state index is -0.890. The number of aromatic amines is 1. The predicted molar refractivity (Wildman–Crippen MR) is 138 cm³/mol. The van der Waals surface area contributed by atoms with Gasteiger partial charge in [-0.1, -0.05) is 29.8 Å². The first-order valence-corrected chi connectivity index (χ1v) is 11.7. The lowest BCUT2D eigenvalue weighted by molar-refractivity contribution is 0.0970. The van der Waals surface area contributed by atoms with Crippen LogP contribution in [0.1, 0.15) is 33.1 Å². The zero-order valence-electron chi connectivity index (χ0n) is 19.6. The molecule has 1 unspecified atom stereocenters. The van der Waals surface area contributed by atoms with E-state index in [1.807, 2.05) is 0 Å². The minimum absolute atomic E-state index is 0.103. The van der Waals surface area contributed by atoms with Crippen LogP contribution in [0.5, 0.6) is 11.5 Å². The number of rotatable bonds is 11. The molecule has 1 atom stereocenters. The van der Waals surface area contributed by atoms with Gasteiger partial charge >= 0.3 is 0 Å². The molecule has 0 aliphatic heterocycles. The summed E-state index contributed by atoms with van der Waals surface area (Å²) >= 11 is 6.16. The van der Waals surface area contributed by atoms with Gasteiger partial charge in [-0.15, -0.1) is 0 Å². The van der Waals surface area contributed by atoms with Crippen molar-refractivity contribution in [1.29, 1.82) is 0 Å². The minimum Gasteiger partial charge on any atom is -0.497 e. The maximum Gasteiger partial charge on any atom is 0.191 e. The molecule has 0 bridgehead atoms. The number of ketones is 1. The number of halogens is 1. The molecule has 0 aliphatic rings. The molecule has 1 aromatic heterocycles. The lowest BCUT2D eigenvalue weighted by Gasteiger charge is -2.22. The number of anilines is 1. The van der Waals surface area contributed by atoms with Crippen molar-refractivity contribution in [3.63, 3.8) is 0 Å². The van der Waals surface area contributed by atoms with Crippen molar-refractivity contribution in [3.05, 3.63) is 88.1 Å². The van der Waals surface area contributed by atoms with Crippen molar-refractivity contribution in [2.24, 2.45) is 0 Å². The summed E-state index contributed by atoms with van der Waals surface area (Å²) < 4.78 is 10.9. The second-order valence-corrected chi connectivity index (χ2v) is 8.59. The Morgan fingerprint density at radius 3 is 2.56 bits per heavy atom. The van der Waals surface area contributed by atoms with Crippen LogP contribution in [-0.2, 0) is 13.2 Å². The molecule has 8 nitrogen and oxygen atoms in total. The van der Waals surface area contributed by atoms with Gasteiger partial charge in [0.1, 0.15) is 24.1 Å². The van der Waals surface area contributed by atoms with Gasteiger partial charge in [0.15, 0.2) is 5.78 Å². The predicted octanol–water partition coefficient (Wildman–Crippen LogP) is 4.22. The Labute approximate surface area is 213 Å². The van der Waals surface area contributed by atoms with Crippen LogP contribution in [0.4, 0.5) is 5.69 Å². The molecule has 5 N–H and O–H groups in total. The number of H-pyrrole nitrogens is 1. The van der Waals surface area contributed by atoms with Gasteiger partial charge in [-0.25, -0.2) is 0 Å². The molecule has 0 aliphatic carbocycles. The first kappa shape index (κ1) is 25.5. The molecule has 0 radical (unpaired) electrons. The Morgan fingerprint density at radius 1 is 1.03 bits per heavy atom. The maximum atomic E-state index is 14.0. The van der Waals surface area contributed by atoms with Crippen molar-refractivity contribution >= 4 is 34.0 Å². The SMILES string of the molecule is COc1cc(NC(C(=O)c2c[nH]c3cc(CO)ccc23)c2ccc(Cl)cc2CO)cc(OCCO)c1. The van der Waals surface area contributed by atoms with Crippen LogP contribution in [0.15, 0.2) is 60.8 Å². The summed E-state index contributed by atoms with van der Waals surface area (Å²) in [6.45, 7) is -0.460. The Balaban J connectivity index is 1.80. The van der Waals surface area contributed by atoms with E-state index in [2.05, 4.69) is 10.3 Å². The number of hydrogen-bond acceptors (Lipinski definition) is 7. The number of methoxy groups -OCH3 is 1. The van der Waals surface area contributed by atoms with Crippen LogP contribution in [0, 0.1) is 0 Å². The third-order valence-electron chi connectivity index (χ3n) is 5.83. The number of ether oxygens (including phenoxy) is 2. The van der Waals surface area contributed by atoms with Gasteiger partial charge < -0.3 is 35.1 Å². The Kier molecular flexibility index (Phi) is 8.12. The van der Waals surface area contributed by atoms with Crippen LogP contribution < -0.4 is 14.8 Å². The summed E-state index contributed by atoms with van der Waals surface area (Å²) in [6.07, 6.45) is 1.64. The fourth-order valence-electron chi connectivity index (χ4n) is 4.09. The van der Waals surface area contributed by atoms with Crippen molar-refractivity contribution < 1.29 is 29.6 Å². The van der Waals surface area contributed by atoms with Crippen LogP contribution in [0.3, 0.4) is 0 Å². The van der Waals surface area contributed by atoms with Gasteiger partial charge in [-0.2, -0.15) is 0 Å². The third kappa shape index (κ3) is 5.47. The molecule has 3 aromatic carbocycles. The Hall–Kier alpha value is -3.56. The largest absolute Gasteiger partial charge is 0.497 e. The summed E-state index contributed by atoms with van der Waals surface area (Å²) in [4.78, 5) is 17.1. The molecule has 4 aromatic rings. The quantitative estimate of drug-likeness (QED) is 0.191. The van der Waals surface area contributed by atoms with E-state index >= 15 is 0 Å². The van der Waals surface area contributed by atoms with E-state index in [0.717, 1.165) is 11.1 Å². The standard InChI is InChI=1S/C27H27ClN2O6/c1-35-20-10-19(11-21(12-20)36-7-6-31)30-26(22-5-3-18(28)9-17(22)15-33)27(34)24-13-29-25-8-16(14-32)2-4-23(24)25/h2-5,8-13,26,29-33H,6-7,14-15H2,1H3. The third-order valence-corrected chi connectivity index (χ3v) is 6.06. The van der Waals surface area contributed by atoms with E-state index in [9.17, 15) is 15.0 Å². The van der Waals surface area contributed by atoms with Crippen LogP contribution in [0.2, 0.25) is 5.02 Å². The average molecular weight is 511 g/mol. The van der Waals surface area contributed by atoms with Gasteiger partial charge in [-0.05, 0) is 34.9 Å². The van der Waals surface area contributed by atoms with Gasteiger partial charge in [0.2, 0.25) is 0 Å². The van der Waals surface area contributed by atoms with E-state index in [1.54, 1.807) is 60.8 Å². The highest BCUT2D eigenvalue weighted by Gasteiger charge is 2.27. The van der Waals surface area contributed by atoms with Gasteiger partial charge in [0.25, 0.3) is 0 Å². The van der Waals surface area contributed by atoms with Crippen molar-refractivity contribution in [2.75, 3.05) is 25.6 Å². The van der Waals surface area contributed by atoms with E-state index in [0.29, 0.717) is 44.3 Å². The van der Waals surface area contributed by atoms with Gasteiger partial charge in [0, 0.05) is 51.6 Å². The smallest absolute Gasteiger partial charge is 0.191 e. The normalized spacial score (nSPS) is 11.9. The topological polar surface area (TPSA) is 124 Å². The van der Waals surface area contributed by atoms with E-state index < -0.39 is 6.04 Å². The summed E-state index contributed by atoms with van der Waals surface area (Å²) in [5, 5.41) is 33.0. The highest BCUT2D eigenvalue weighted by Crippen LogP contribution is 2.34. The van der Waals surface area contributed by atoms with Gasteiger partial charge in [0.05, 0.1) is 26.9 Å². The Bertz CT molecular complexity index is 1370. The lowest BCUT2D eigenvalue weighted by atomic mass is 9.93. The Morgan fingerprint density at radius 2 is 1.83 bits per heavy atom. The maximum absolute atomic E-state index is 14.0. The molecule has 0 amide bonds. The highest BCUT2D eigenvalue weighted by atomic mass is 35.5. The van der Waals surface area contributed by atoms with Crippen molar-refractivity contribution in [3.8, 4) is 11.5 Å². The second-order valence-electron chi connectivity index (χ2n) is 8.15. The summed E-state index contributed by atoms with van der Waals surface area (Å²) in [6, 6.07) is 14.6. The van der Waals surface area contributed by atoms with Crippen LogP contribution in [-0.4, -0.2) is 46.4 Å². The van der Waals surface area contributed by atoms with E-state index in [1.165, 1.54) is 7.11 Å². The van der Waals surface area contributed by atoms with E-state index in [4.69, 9.17) is 26.2 Å². The number of hydrogen-bond donors (Lipinski definition) is 5. The number of aliphatic hydroxyl groups excluding tert-OH is 3. The number of carbonyl (C=O) groups excluding carboxylic acids is 1. The zero-order chi connectivity index (χ0) is 25.7. The molecule has 0 saturated carbocycles. The molecular weight excluding hydrogens is 484 g/mol. The molecule has 0 fully saturated rings. The molecule has 4 rings (SSSR count). The fraction of sp³-hybridized carbons (Fsp3) is 0.222. The van der Waals surface area contributed by atoms with E-state index in [-0.39, 0.29) is 32.2 Å². The fourth-order valence-corrected chi connectivity index (χ4v) is 4.29.